The lowest BCUT2D eigenvalue weighted by atomic mass is 10.2. The third-order valence-electron chi connectivity index (χ3n) is 3.50. The number of aromatic nitrogens is 1. The molecule has 0 atom stereocenters. The maximum Gasteiger partial charge on any atom is 0.262 e. The van der Waals surface area contributed by atoms with Crippen LogP contribution in [0.15, 0.2) is 60.1 Å². The summed E-state index contributed by atoms with van der Waals surface area (Å²) in [6.45, 7) is 2.68. The number of anilines is 2. The summed E-state index contributed by atoms with van der Waals surface area (Å²) >= 11 is 1.57. The zero-order valence-corrected chi connectivity index (χ0v) is 14.7. The molecule has 1 amide bonds. The molecule has 0 saturated heterocycles. The van der Waals surface area contributed by atoms with E-state index in [1.165, 1.54) is 0 Å². The van der Waals surface area contributed by atoms with E-state index in [9.17, 15) is 4.79 Å². The van der Waals surface area contributed by atoms with Crippen molar-refractivity contribution in [3.8, 4) is 5.75 Å². The maximum atomic E-state index is 11.9. The van der Waals surface area contributed by atoms with Gasteiger partial charge in [0.05, 0.1) is 0 Å². The summed E-state index contributed by atoms with van der Waals surface area (Å²) in [4.78, 5) is 16.1. The smallest absolute Gasteiger partial charge is 0.262 e. The molecule has 0 saturated carbocycles. The highest BCUT2D eigenvalue weighted by atomic mass is 32.1. The Labute approximate surface area is 150 Å². The first-order chi connectivity index (χ1) is 12.2. The summed E-state index contributed by atoms with van der Waals surface area (Å²) < 4.78 is 5.53. The Morgan fingerprint density at radius 2 is 1.88 bits per heavy atom. The molecule has 0 spiro atoms. The van der Waals surface area contributed by atoms with Crippen LogP contribution in [0.2, 0.25) is 0 Å². The molecule has 0 aliphatic carbocycles. The summed E-state index contributed by atoms with van der Waals surface area (Å²) in [6.07, 6.45) is 1.77. The van der Waals surface area contributed by atoms with E-state index in [1.54, 1.807) is 17.5 Å². The molecule has 0 radical (unpaired) electrons. The molecule has 2 N–H and O–H groups in total. The van der Waals surface area contributed by atoms with Gasteiger partial charge in [0.2, 0.25) is 0 Å². The summed E-state index contributed by atoms with van der Waals surface area (Å²) in [7, 11) is 0. The molecule has 0 fully saturated rings. The molecule has 0 aliphatic rings. The fraction of sp³-hybridized carbons (Fsp3) is 0.158. The van der Waals surface area contributed by atoms with Crippen molar-refractivity contribution in [2.75, 3.05) is 17.2 Å². The lowest BCUT2D eigenvalue weighted by Crippen LogP contribution is -2.20. The third kappa shape index (κ3) is 5.32. The van der Waals surface area contributed by atoms with E-state index in [4.69, 9.17) is 4.74 Å². The van der Waals surface area contributed by atoms with Gasteiger partial charge in [0, 0.05) is 23.8 Å². The minimum Gasteiger partial charge on any atom is -0.484 e. The average Bonchev–Trinajstić information content (AvgIpc) is 3.15. The van der Waals surface area contributed by atoms with Crippen LogP contribution < -0.4 is 15.4 Å². The fourth-order valence-electron chi connectivity index (χ4n) is 2.17. The Kier molecular flexibility index (Phi) is 5.64. The number of aryl methyl sites for hydroxylation is 1. The van der Waals surface area contributed by atoms with Gasteiger partial charge in [-0.2, -0.15) is 0 Å². The Morgan fingerprint density at radius 3 is 2.56 bits per heavy atom. The predicted octanol–water partition coefficient (Wildman–Crippen LogP) is 4.08. The van der Waals surface area contributed by atoms with Gasteiger partial charge in [0.25, 0.3) is 5.91 Å². The van der Waals surface area contributed by atoms with Gasteiger partial charge >= 0.3 is 0 Å². The van der Waals surface area contributed by atoms with E-state index in [0.717, 1.165) is 21.9 Å². The van der Waals surface area contributed by atoms with E-state index >= 15 is 0 Å². The molecule has 5 nitrogen and oxygen atoms in total. The third-order valence-corrected chi connectivity index (χ3v) is 4.24. The molecule has 1 heterocycles. The van der Waals surface area contributed by atoms with Crippen molar-refractivity contribution in [2.45, 2.75) is 13.5 Å². The quantitative estimate of drug-likeness (QED) is 0.672. The molecular formula is C19H19N3O2S. The van der Waals surface area contributed by atoms with Crippen molar-refractivity contribution in [1.29, 1.82) is 0 Å². The van der Waals surface area contributed by atoms with Crippen LogP contribution in [0, 0.1) is 6.92 Å². The number of hydrogen-bond acceptors (Lipinski definition) is 5. The second-order valence-electron chi connectivity index (χ2n) is 5.54. The minimum atomic E-state index is -0.182. The van der Waals surface area contributed by atoms with Crippen LogP contribution in [0.3, 0.4) is 0 Å². The molecule has 0 unspecified atom stereocenters. The first kappa shape index (κ1) is 17.0. The standard InChI is InChI=1S/C19H19N3O2S/c1-14-2-6-16(7-3-14)22-18(23)13-24-17-8-4-15(5-9-17)12-21-19-20-10-11-25-19/h2-11H,12-13H2,1H3,(H,20,21)(H,22,23). The lowest BCUT2D eigenvalue weighted by molar-refractivity contribution is -0.118. The van der Waals surface area contributed by atoms with Gasteiger partial charge < -0.3 is 15.4 Å². The van der Waals surface area contributed by atoms with Gasteiger partial charge in [-0.1, -0.05) is 29.8 Å². The van der Waals surface area contributed by atoms with Gasteiger partial charge in [0.15, 0.2) is 11.7 Å². The first-order valence-electron chi connectivity index (χ1n) is 7.91. The highest BCUT2D eigenvalue weighted by Gasteiger charge is 2.04. The first-order valence-corrected chi connectivity index (χ1v) is 8.78. The Balaban J connectivity index is 1.44. The van der Waals surface area contributed by atoms with Crippen LogP contribution in [0.4, 0.5) is 10.8 Å². The summed E-state index contributed by atoms with van der Waals surface area (Å²) in [5.41, 5.74) is 3.04. The SMILES string of the molecule is Cc1ccc(NC(=O)COc2ccc(CNc3nccs3)cc2)cc1. The zero-order valence-electron chi connectivity index (χ0n) is 13.9. The van der Waals surface area contributed by atoms with E-state index in [2.05, 4.69) is 15.6 Å². The average molecular weight is 353 g/mol. The number of nitrogens with one attached hydrogen (secondary N) is 2. The van der Waals surface area contributed by atoms with Gasteiger partial charge in [-0.05, 0) is 36.8 Å². The number of carbonyl (C=O) groups is 1. The number of thiazole rings is 1. The van der Waals surface area contributed by atoms with Crippen molar-refractivity contribution >= 4 is 28.1 Å². The van der Waals surface area contributed by atoms with Gasteiger partial charge in [-0.25, -0.2) is 4.98 Å². The van der Waals surface area contributed by atoms with Crippen LogP contribution in [0.5, 0.6) is 5.75 Å². The molecule has 128 valence electrons. The van der Waals surface area contributed by atoms with Crippen molar-refractivity contribution in [2.24, 2.45) is 0 Å². The second-order valence-corrected chi connectivity index (χ2v) is 6.43. The van der Waals surface area contributed by atoms with Crippen LogP contribution >= 0.6 is 11.3 Å². The molecule has 1 aromatic heterocycles. The number of amides is 1. The summed E-state index contributed by atoms with van der Waals surface area (Å²) in [6, 6.07) is 15.3. The predicted molar refractivity (Wildman–Crippen MR) is 101 cm³/mol. The highest BCUT2D eigenvalue weighted by molar-refractivity contribution is 7.13. The minimum absolute atomic E-state index is 0.0232. The number of hydrogen-bond donors (Lipinski definition) is 2. The Bertz CT molecular complexity index is 800. The molecular weight excluding hydrogens is 334 g/mol. The van der Waals surface area contributed by atoms with Crippen LogP contribution in [0.1, 0.15) is 11.1 Å². The molecule has 2 aromatic carbocycles. The number of carbonyl (C=O) groups excluding carboxylic acids is 1. The zero-order chi connectivity index (χ0) is 17.5. The highest BCUT2D eigenvalue weighted by Crippen LogP contribution is 2.15. The number of benzene rings is 2. The molecule has 3 rings (SSSR count). The second kappa shape index (κ2) is 8.30. The van der Waals surface area contributed by atoms with Gasteiger partial charge in [-0.15, -0.1) is 11.3 Å². The van der Waals surface area contributed by atoms with E-state index in [1.807, 2.05) is 60.8 Å². The van der Waals surface area contributed by atoms with E-state index < -0.39 is 0 Å². The fourth-order valence-corrected chi connectivity index (χ4v) is 2.70. The van der Waals surface area contributed by atoms with Crippen molar-refractivity contribution < 1.29 is 9.53 Å². The molecule has 0 bridgehead atoms. The molecule has 6 heteroatoms. The van der Waals surface area contributed by atoms with Crippen LogP contribution in [-0.2, 0) is 11.3 Å². The largest absolute Gasteiger partial charge is 0.484 e. The Morgan fingerprint density at radius 1 is 1.12 bits per heavy atom. The summed E-state index contributed by atoms with van der Waals surface area (Å²) in [5, 5.41) is 8.88. The summed E-state index contributed by atoms with van der Waals surface area (Å²) in [5.74, 6) is 0.482. The van der Waals surface area contributed by atoms with Gasteiger partial charge in [0.1, 0.15) is 5.75 Å². The van der Waals surface area contributed by atoms with Crippen molar-refractivity contribution in [1.82, 2.24) is 4.98 Å². The van der Waals surface area contributed by atoms with Crippen LogP contribution in [0.25, 0.3) is 0 Å². The van der Waals surface area contributed by atoms with Crippen LogP contribution in [-0.4, -0.2) is 17.5 Å². The van der Waals surface area contributed by atoms with Crippen molar-refractivity contribution in [3.63, 3.8) is 0 Å². The molecule has 25 heavy (non-hydrogen) atoms. The topological polar surface area (TPSA) is 63.2 Å². The van der Waals surface area contributed by atoms with Gasteiger partial charge in [-0.3, -0.25) is 4.79 Å². The Hall–Kier alpha value is -2.86. The van der Waals surface area contributed by atoms with E-state index in [-0.39, 0.29) is 12.5 Å². The lowest BCUT2D eigenvalue weighted by Gasteiger charge is -2.09. The number of ether oxygens (including phenoxy) is 1. The number of nitrogens with zero attached hydrogens (tertiary/aromatic N) is 1. The normalized spacial score (nSPS) is 10.3. The molecule has 3 aromatic rings. The van der Waals surface area contributed by atoms with Crippen molar-refractivity contribution in [3.05, 3.63) is 71.2 Å². The monoisotopic (exact) mass is 353 g/mol. The molecule has 0 aliphatic heterocycles. The maximum absolute atomic E-state index is 11.9. The number of rotatable bonds is 7. The van der Waals surface area contributed by atoms with E-state index in [0.29, 0.717) is 12.3 Å².